The smallest absolute Gasteiger partial charge is 0.225 e. The Labute approximate surface area is 169 Å². The van der Waals surface area contributed by atoms with E-state index in [2.05, 4.69) is 31.1 Å². The normalized spacial score (nSPS) is 16.3. The lowest BCUT2D eigenvalue weighted by Crippen LogP contribution is -2.40. The molecule has 0 fully saturated rings. The number of carbonyl (C=O) groups excluding carboxylic acids is 1. The molecule has 1 aromatic carbocycles. The molecule has 0 bridgehead atoms. The molecule has 0 saturated heterocycles. The van der Waals surface area contributed by atoms with Crippen molar-refractivity contribution in [3.05, 3.63) is 41.5 Å². The number of halogens is 1. The van der Waals surface area contributed by atoms with Gasteiger partial charge in [0.15, 0.2) is 11.8 Å². The summed E-state index contributed by atoms with van der Waals surface area (Å²) in [7, 11) is 0. The molecule has 1 unspecified atom stereocenters. The molecule has 0 aliphatic carbocycles. The summed E-state index contributed by atoms with van der Waals surface area (Å²) in [6, 6.07) is 7.89. The standard InChI is InChI=1S/C17H22N6O2.HI/c1-3-18-17(20-10-15-21-11(2)25-23-15)19-9-12-8-16(24)22-14-7-5-4-6-13(12)14;/h4-7,12H,3,8-10H2,1-2H3,(H,22,24)(H2,18,19,20);1H. The molecule has 1 aliphatic heterocycles. The molecule has 140 valence electrons. The van der Waals surface area contributed by atoms with Crippen molar-refractivity contribution in [1.29, 1.82) is 0 Å². The van der Waals surface area contributed by atoms with Gasteiger partial charge in [-0.1, -0.05) is 23.4 Å². The van der Waals surface area contributed by atoms with E-state index in [1.54, 1.807) is 6.92 Å². The van der Waals surface area contributed by atoms with Crippen molar-refractivity contribution < 1.29 is 9.32 Å². The Bertz CT molecular complexity index is 776. The number of hydrogen-bond donors (Lipinski definition) is 3. The maximum atomic E-state index is 11.9. The number of nitrogens with zero attached hydrogens (tertiary/aromatic N) is 3. The molecule has 0 saturated carbocycles. The SMILES string of the molecule is CCNC(=NCc1noc(C)n1)NCC1CC(=O)Nc2ccccc21.I. The minimum absolute atomic E-state index is 0. The van der Waals surface area contributed by atoms with Crippen molar-refractivity contribution in [1.82, 2.24) is 20.8 Å². The Morgan fingerprint density at radius 3 is 2.92 bits per heavy atom. The number of aryl methyl sites for hydroxylation is 1. The molecule has 3 rings (SSSR count). The zero-order valence-corrected chi connectivity index (χ0v) is 17.1. The molecule has 0 radical (unpaired) electrons. The fourth-order valence-corrected chi connectivity index (χ4v) is 2.80. The Hall–Kier alpha value is -2.17. The van der Waals surface area contributed by atoms with E-state index in [1.807, 2.05) is 31.2 Å². The number of guanidine groups is 1. The van der Waals surface area contributed by atoms with Crippen LogP contribution in [-0.2, 0) is 11.3 Å². The number of amides is 1. The molecule has 2 heterocycles. The van der Waals surface area contributed by atoms with E-state index in [-0.39, 0.29) is 35.8 Å². The largest absolute Gasteiger partial charge is 0.357 e. The first kappa shape index (κ1) is 20.1. The van der Waals surface area contributed by atoms with Gasteiger partial charge in [0.1, 0.15) is 6.54 Å². The first-order valence-corrected chi connectivity index (χ1v) is 8.36. The molecule has 0 spiro atoms. The van der Waals surface area contributed by atoms with E-state index in [4.69, 9.17) is 4.52 Å². The highest BCUT2D eigenvalue weighted by Crippen LogP contribution is 2.31. The second-order valence-electron chi connectivity index (χ2n) is 5.84. The second kappa shape index (κ2) is 9.51. The molecular formula is C17H23IN6O2. The lowest BCUT2D eigenvalue weighted by Gasteiger charge is -2.26. The fraction of sp³-hybridized carbons (Fsp3) is 0.412. The first-order valence-electron chi connectivity index (χ1n) is 8.36. The van der Waals surface area contributed by atoms with Crippen molar-refractivity contribution in [2.45, 2.75) is 32.7 Å². The third-order valence-electron chi connectivity index (χ3n) is 3.91. The van der Waals surface area contributed by atoms with E-state index in [0.29, 0.717) is 37.2 Å². The third-order valence-corrected chi connectivity index (χ3v) is 3.91. The van der Waals surface area contributed by atoms with Gasteiger partial charge in [-0.3, -0.25) is 4.79 Å². The number of anilines is 1. The average molecular weight is 470 g/mol. The number of carbonyl (C=O) groups is 1. The molecule has 26 heavy (non-hydrogen) atoms. The van der Waals surface area contributed by atoms with Gasteiger partial charge in [0.25, 0.3) is 0 Å². The van der Waals surface area contributed by atoms with E-state index >= 15 is 0 Å². The van der Waals surface area contributed by atoms with Gasteiger partial charge in [-0.2, -0.15) is 4.98 Å². The zero-order chi connectivity index (χ0) is 17.6. The summed E-state index contributed by atoms with van der Waals surface area (Å²) < 4.78 is 4.95. The van der Waals surface area contributed by atoms with Crippen molar-refractivity contribution in [2.24, 2.45) is 4.99 Å². The van der Waals surface area contributed by atoms with Crippen molar-refractivity contribution in [2.75, 3.05) is 18.4 Å². The summed E-state index contributed by atoms with van der Waals surface area (Å²) in [6.45, 7) is 5.42. The monoisotopic (exact) mass is 470 g/mol. The second-order valence-corrected chi connectivity index (χ2v) is 5.84. The van der Waals surface area contributed by atoms with Crippen LogP contribution < -0.4 is 16.0 Å². The summed E-state index contributed by atoms with van der Waals surface area (Å²) in [4.78, 5) is 20.5. The molecule has 8 nitrogen and oxygen atoms in total. The Morgan fingerprint density at radius 2 is 2.19 bits per heavy atom. The maximum Gasteiger partial charge on any atom is 0.225 e. The van der Waals surface area contributed by atoms with Crippen LogP contribution in [0.25, 0.3) is 0 Å². The van der Waals surface area contributed by atoms with Crippen LogP contribution in [0.4, 0.5) is 5.69 Å². The average Bonchev–Trinajstić information content (AvgIpc) is 3.02. The number of benzene rings is 1. The molecule has 1 aliphatic rings. The quantitative estimate of drug-likeness (QED) is 0.352. The van der Waals surface area contributed by atoms with Crippen LogP contribution in [0.5, 0.6) is 0 Å². The molecule has 3 N–H and O–H groups in total. The molecule has 1 aromatic heterocycles. The molecular weight excluding hydrogens is 447 g/mol. The number of rotatable bonds is 5. The van der Waals surface area contributed by atoms with Gasteiger partial charge in [-0.25, -0.2) is 4.99 Å². The third kappa shape index (κ3) is 5.16. The van der Waals surface area contributed by atoms with Crippen LogP contribution in [0, 0.1) is 6.92 Å². The fourth-order valence-electron chi connectivity index (χ4n) is 2.80. The number of aromatic nitrogens is 2. The van der Waals surface area contributed by atoms with Crippen LogP contribution in [0.3, 0.4) is 0 Å². The topological polar surface area (TPSA) is 104 Å². The Balaban J connectivity index is 0.00000243. The van der Waals surface area contributed by atoms with Crippen LogP contribution in [0.15, 0.2) is 33.8 Å². The van der Waals surface area contributed by atoms with Crippen molar-refractivity contribution in [3.63, 3.8) is 0 Å². The number of para-hydroxylation sites is 1. The van der Waals surface area contributed by atoms with Gasteiger partial charge in [-0.15, -0.1) is 24.0 Å². The predicted octanol–water partition coefficient (Wildman–Crippen LogP) is 2.18. The molecule has 1 atom stereocenters. The summed E-state index contributed by atoms with van der Waals surface area (Å²) in [5.41, 5.74) is 2.02. The van der Waals surface area contributed by atoms with E-state index in [1.165, 1.54) is 0 Å². The van der Waals surface area contributed by atoms with Crippen LogP contribution in [0.2, 0.25) is 0 Å². The van der Waals surface area contributed by atoms with Gasteiger partial charge in [0.2, 0.25) is 11.8 Å². The highest BCUT2D eigenvalue weighted by atomic mass is 127. The van der Waals surface area contributed by atoms with Gasteiger partial charge in [0, 0.05) is 38.0 Å². The predicted molar refractivity (Wildman–Crippen MR) is 110 cm³/mol. The summed E-state index contributed by atoms with van der Waals surface area (Å²) in [6.07, 6.45) is 0.452. The lowest BCUT2D eigenvalue weighted by molar-refractivity contribution is -0.116. The molecule has 9 heteroatoms. The maximum absolute atomic E-state index is 11.9. The van der Waals surface area contributed by atoms with Gasteiger partial charge in [-0.05, 0) is 18.6 Å². The van der Waals surface area contributed by atoms with Crippen LogP contribution in [0.1, 0.15) is 36.5 Å². The highest BCUT2D eigenvalue weighted by Gasteiger charge is 2.24. The zero-order valence-electron chi connectivity index (χ0n) is 14.8. The van der Waals surface area contributed by atoms with Gasteiger partial charge < -0.3 is 20.5 Å². The van der Waals surface area contributed by atoms with E-state index < -0.39 is 0 Å². The van der Waals surface area contributed by atoms with Crippen LogP contribution in [-0.4, -0.2) is 35.1 Å². The Morgan fingerprint density at radius 1 is 1.38 bits per heavy atom. The Kier molecular flexibility index (Phi) is 7.37. The van der Waals surface area contributed by atoms with Gasteiger partial charge in [0.05, 0.1) is 0 Å². The number of nitrogens with one attached hydrogen (secondary N) is 3. The number of fused-ring (bicyclic) bond motifs is 1. The highest BCUT2D eigenvalue weighted by molar-refractivity contribution is 14.0. The lowest BCUT2D eigenvalue weighted by atomic mass is 9.90. The summed E-state index contributed by atoms with van der Waals surface area (Å²) in [5, 5.41) is 13.2. The van der Waals surface area contributed by atoms with Crippen molar-refractivity contribution >= 4 is 41.5 Å². The summed E-state index contributed by atoms with van der Waals surface area (Å²) in [5.74, 6) is 1.86. The number of aliphatic imine (C=N–C) groups is 1. The minimum atomic E-state index is 0. The van der Waals surface area contributed by atoms with E-state index in [9.17, 15) is 4.79 Å². The molecule has 1 amide bonds. The number of hydrogen-bond acceptors (Lipinski definition) is 5. The summed E-state index contributed by atoms with van der Waals surface area (Å²) >= 11 is 0. The van der Waals surface area contributed by atoms with Crippen molar-refractivity contribution in [3.8, 4) is 0 Å². The minimum Gasteiger partial charge on any atom is -0.357 e. The molecule has 2 aromatic rings. The first-order chi connectivity index (χ1) is 12.2. The van der Waals surface area contributed by atoms with Gasteiger partial charge >= 0.3 is 0 Å². The van der Waals surface area contributed by atoms with E-state index in [0.717, 1.165) is 17.8 Å². The van der Waals surface area contributed by atoms with Crippen LogP contribution >= 0.6 is 24.0 Å².